The standard InChI is InChI=1S/C11H12BrClN4/c1-7-8(6-17(2)16-7)4-14-9-3-10(12)11(13)15-5-9/h3,5-6,14H,4H2,1-2H3. The van der Waals surface area contributed by atoms with E-state index in [0.717, 1.165) is 22.4 Å². The smallest absolute Gasteiger partial charge is 0.143 e. The molecule has 6 heteroatoms. The van der Waals surface area contributed by atoms with Crippen molar-refractivity contribution in [2.45, 2.75) is 13.5 Å². The van der Waals surface area contributed by atoms with Crippen LogP contribution in [0.5, 0.6) is 0 Å². The molecule has 17 heavy (non-hydrogen) atoms. The summed E-state index contributed by atoms with van der Waals surface area (Å²) in [5.74, 6) is 0. The normalized spacial score (nSPS) is 10.6. The minimum atomic E-state index is 0.466. The summed E-state index contributed by atoms with van der Waals surface area (Å²) in [6, 6.07) is 1.90. The van der Waals surface area contributed by atoms with Gasteiger partial charge in [-0.15, -0.1) is 0 Å². The average Bonchev–Trinajstić information content (AvgIpc) is 2.59. The van der Waals surface area contributed by atoms with E-state index in [1.54, 1.807) is 6.20 Å². The molecule has 0 aliphatic rings. The predicted molar refractivity (Wildman–Crippen MR) is 72.2 cm³/mol. The monoisotopic (exact) mass is 314 g/mol. The van der Waals surface area contributed by atoms with Crippen molar-refractivity contribution < 1.29 is 0 Å². The zero-order valence-corrected chi connectivity index (χ0v) is 11.9. The molecule has 0 aliphatic carbocycles. The van der Waals surface area contributed by atoms with Crippen molar-refractivity contribution in [3.63, 3.8) is 0 Å². The Balaban J connectivity index is 2.07. The van der Waals surface area contributed by atoms with Crippen LogP contribution in [0.4, 0.5) is 5.69 Å². The first-order valence-electron chi connectivity index (χ1n) is 5.10. The Morgan fingerprint density at radius 3 is 2.88 bits per heavy atom. The minimum Gasteiger partial charge on any atom is -0.380 e. The third-order valence-corrected chi connectivity index (χ3v) is 3.53. The maximum atomic E-state index is 5.83. The summed E-state index contributed by atoms with van der Waals surface area (Å²) in [5.41, 5.74) is 3.11. The third kappa shape index (κ3) is 2.98. The van der Waals surface area contributed by atoms with Gasteiger partial charge in [0.05, 0.1) is 22.1 Å². The van der Waals surface area contributed by atoms with E-state index in [2.05, 4.69) is 31.3 Å². The van der Waals surface area contributed by atoms with Gasteiger partial charge < -0.3 is 5.32 Å². The van der Waals surface area contributed by atoms with E-state index >= 15 is 0 Å². The molecule has 2 aromatic heterocycles. The van der Waals surface area contributed by atoms with Crippen LogP contribution in [0.2, 0.25) is 5.15 Å². The molecular weight excluding hydrogens is 304 g/mol. The number of halogens is 2. The second kappa shape index (κ2) is 5.06. The summed E-state index contributed by atoms with van der Waals surface area (Å²) in [5, 5.41) is 8.03. The second-order valence-corrected chi connectivity index (χ2v) is 4.98. The topological polar surface area (TPSA) is 42.7 Å². The Kier molecular flexibility index (Phi) is 3.69. The first-order valence-corrected chi connectivity index (χ1v) is 6.27. The van der Waals surface area contributed by atoms with Crippen LogP contribution < -0.4 is 5.32 Å². The van der Waals surface area contributed by atoms with Crippen molar-refractivity contribution in [1.29, 1.82) is 0 Å². The number of hydrogen-bond donors (Lipinski definition) is 1. The Bertz CT molecular complexity index is 538. The molecule has 2 rings (SSSR count). The molecule has 2 heterocycles. The number of rotatable bonds is 3. The SMILES string of the molecule is Cc1nn(C)cc1CNc1cnc(Cl)c(Br)c1. The molecule has 0 bridgehead atoms. The van der Waals surface area contributed by atoms with Gasteiger partial charge in [0.15, 0.2) is 0 Å². The maximum Gasteiger partial charge on any atom is 0.143 e. The molecule has 2 aromatic rings. The summed E-state index contributed by atoms with van der Waals surface area (Å²) in [6.07, 6.45) is 3.71. The number of aromatic nitrogens is 3. The lowest BCUT2D eigenvalue weighted by Gasteiger charge is -2.06. The molecular formula is C11H12BrClN4. The van der Waals surface area contributed by atoms with Crippen molar-refractivity contribution in [3.05, 3.63) is 39.3 Å². The van der Waals surface area contributed by atoms with Gasteiger partial charge in [0.25, 0.3) is 0 Å². The van der Waals surface area contributed by atoms with E-state index in [1.165, 1.54) is 5.56 Å². The molecule has 0 atom stereocenters. The summed E-state index contributed by atoms with van der Waals surface area (Å²) < 4.78 is 2.59. The number of hydrogen-bond acceptors (Lipinski definition) is 3. The highest BCUT2D eigenvalue weighted by Gasteiger charge is 2.04. The van der Waals surface area contributed by atoms with Gasteiger partial charge in [-0.3, -0.25) is 4.68 Å². The fraction of sp³-hybridized carbons (Fsp3) is 0.273. The number of anilines is 1. The minimum absolute atomic E-state index is 0.466. The lowest BCUT2D eigenvalue weighted by Crippen LogP contribution is -2.00. The summed E-state index contributed by atoms with van der Waals surface area (Å²) in [4.78, 5) is 4.05. The molecule has 0 fully saturated rings. The zero-order valence-electron chi connectivity index (χ0n) is 9.54. The van der Waals surface area contributed by atoms with E-state index in [1.807, 2.05) is 30.9 Å². The van der Waals surface area contributed by atoms with Crippen LogP contribution >= 0.6 is 27.5 Å². The maximum absolute atomic E-state index is 5.83. The molecule has 1 N–H and O–H groups in total. The molecule has 0 amide bonds. The Morgan fingerprint density at radius 1 is 1.53 bits per heavy atom. The second-order valence-electron chi connectivity index (χ2n) is 3.76. The molecule has 0 spiro atoms. The van der Waals surface area contributed by atoms with E-state index in [0.29, 0.717) is 5.15 Å². The van der Waals surface area contributed by atoms with Gasteiger partial charge in [0.2, 0.25) is 0 Å². The van der Waals surface area contributed by atoms with Gasteiger partial charge in [-0.2, -0.15) is 5.10 Å². The van der Waals surface area contributed by atoms with Crippen molar-refractivity contribution >= 4 is 33.2 Å². The Hall–Kier alpha value is -1.07. The van der Waals surface area contributed by atoms with Crippen molar-refractivity contribution in [3.8, 4) is 0 Å². The molecule has 0 aliphatic heterocycles. The van der Waals surface area contributed by atoms with Crippen molar-refractivity contribution in [1.82, 2.24) is 14.8 Å². The summed E-state index contributed by atoms with van der Waals surface area (Å²) in [7, 11) is 1.91. The van der Waals surface area contributed by atoms with Crippen LogP contribution in [0.1, 0.15) is 11.3 Å². The number of nitrogens with one attached hydrogen (secondary N) is 1. The number of pyridine rings is 1. The van der Waals surface area contributed by atoms with Gasteiger partial charge in [0, 0.05) is 25.4 Å². The largest absolute Gasteiger partial charge is 0.380 e. The third-order valence-electron chi connectivity index (χ3n) is 2.39. The van der Waals surface area contributed by atoms with Crippen LogP contribution in [-0.4, -0.2) is 14.8 Å². The molecule has 0 saturated heterocycles. The van der Waals surface area contributed by atoms with E-state index in [4.69, 9.17) is 11.6 Å². The lowest BCUT2D eigenvalue weighted by atomic mass is 10.2. The molecule has 0 saturated carbocycles. The predicted octanol–water partition coefficient (Wildman–Crippen LogP) is 3.15. The van der Waals surface area contributed by atoms with Gasteiger partial charge in [-0.25, -0.2) is 4.98 Å². The lowest BCUT2D eigenvalue weighted by molar-refractivity contribution is 0.756. The van der Waals surface area contributed by atoms with Crippen LogP contribution in [0.25, 0.3) is 0 Å². The zero-order chi connectivity index (χ0) is 12.4. The number of aryl methyl sites for hydroxylation is 2. The molecule has 0 unspecified atom stereocenters. The highest BCUT2D eigenvalue weighted by molar-refractivity contribution is 9.10. The first kappa shape index (κ1) is 12.4. The fourth-order valence-electron chi connectivity index (χ4n) is 1.54. The summed E-state index contributed by atoms with van der Waals surface area (Å²) >= 11 is 9.17. The quantitative estimate of drug-likeness (QED) is 0.885. The van der Waals surface area contributed by atoms with Gasteiger partial charge in [-0.05, 0) is 28.9 Å². The molecule has 90 valence electrons. The first-order chi connectivity index (χ1) is 8.06. The van der Waals surface area contributed by atoms with Crippen LogP contribution in [0, 0.1) is 6.92 Å². The van der Waals surface area contributed by atoms with E-state index in [-0.39, 0.29) is 0 Å². The van der Waals surface area contributed by atoms with Crippen LogP contribution in [0.15, 0.2) is 22.9 Å². The summed E-state index contributed by atoms with van der Waals surface area (Å²) in [6.45, 7) is 2.71. The van der Waals surface area contributed by atoms with Crippen molar-refractivity contribution in [2.24, 2.45) is 7.05 Å². The fourth-order valence-corrected chi connectivity index (χ4v) is 1.99. The van der Waals surface area contributed by atoms with Gasteiger partial charge in [0.1, 0.15) is 5.15 Å². The van der Waals surface area contributed by atoms with Gasteiger partial charge >= 0.3 is 0 Å². The number of nitrogens with zero attached hydrogens (tertiary/aromatic N) is 3. The molecule has 0 radical (unpaired) electrons. The van der Waals surface area contributed by atoms with Gasteiger partial charge in [-0.1, -0.05) is 11.6 Å². The molecule has 4 nitrogen and oxygen atoms in total. The van der Waals surface area contributed by atoms with E-state index in [9.17, 15) is 0 Å². The van der Waals surface area contributed by atoms with Crippen molar-refractivity contribution in [2.75, 3.05) is 5.32 Å². The Labute approximate surface area is 113 Å². The molecule has 0 aromatic carbocycles. The highest BCUT2D eigenvalue weighted by Crippen LogP contribution is 2.23. The Morgan fingerprint density at radius 2 is 2.29 bits per heavy atom. The van der Waals surface area contributed by atoms with Crippen LogP contribution in [-0.2, 0) is 13.6 Å². The van der Waals surface area contributed by atoms with Crippen LogP contribution in [0.3, 0.4) is 0 Å². The average molecular weight is 316 g/mol. The van der Waals surface area contributed by atoms with E-state index < -0.39 is 0 Å². The highest BCUT2D eigenvalue weighted by atomic mass is 79.9.